The summed E-state index contributed by atoms with van der Waals surface area (Å²) in [6.45, 7) is 0. The van der Waals surface area contributed by atoms with Crippen LogP contribution in [0.4, 0.5) is 14.5 Å². The first kappa shape index (κ1) is 7.71. The Balaban J connectivity index is 3.33. The van der Waals surface area contributed by atoms with Gasteiger partial charge in [-0.1, -0.05) is 0 Å². The summed E-state index contributed by atoms with van der Waals surface area (Å²) in [5.74, 6) is 0. The van der Waals surface area contributed by atoms with Crippen molar-refractivity contribution < 1.29 is 8.78 Å². The number of hydrogen-bond donors (Lipinski definition) is 2. The number of alkyl halides is 2. The zero-order valence-corrected chi connectivity index (χ0v) is 5.47. The molecule has 0 aliphatic rings. The topological polar surface area (TPSA) is 58.9 Å². The highest BCUT2D eigenvalue weighted by Gasteiger charge is 2.14. The average molecular weight is 160 g/mol. The maximum atomic E-state index is 12.0. The Morgan fingerprint density at radius 3 is 2.55 bits per heavy atom. The third-order valence-electron chi connectivity index (χ3n) is 1.25. The fourth-order valence-electron chi connectivity index (χ4n) is 0.731. The number of hydrogen-bond acceptors (Lipinski definition) is 2. The van der Waals surface area contributed by atoms with Crippen molar-refractivity contribution in [2.24, 2.45) is 0 Å². The molecule has 60 valence electrons. The van der Waals surface area contributed by atoms with Crippen LogP contribution in [0.1, 0.15) is 12.0 Å². The van der Waals surface area contributed by atoms with Crippen LogP contribution in [-0.2, 0) is 0 Å². The lowest BCUT2D eigenvalue weighted by Gasteiger charge is -2.00. The molecule has 1 rings (SSSR count). The zero-order valence-electron chi connectivity index (χ0n) is 5.47. The van der Waals surface area contributed by atoms with Gasteiger partial charge in [0.15, 0.2) is 0 Å². The molecule has 0 aliphatic carbocycles. The van der Waals surface area contributed by atoms with Crippen LogP contribution in [0, 0.1) is 0 Å². The van der Waals surface area contributed by atoms with E-state index in [-0.39, 0.29) is 5.69 Å². The summed E-state index contributed by atoms with van der Waals surface area (Å²) in [4.78, 5) is 12.8. The van der Waals surface area contributed by atoms with Gasteiger partial charge in [-0.05, 0) is 6.07 Å². The van der Waals surface area contributed by atoms with Crippen LogP contribution >= 0.6 is 0 Å². The Bertz CT molecular complexity index is 308. The van der Waals surface area contributed by atoms with E-state index in [1.165, 1.54) is 12.3 Å². The van der Waals surface area contributed by atoms with Crippen molar-refractivity contribution in [1.82, 2.24) is 4.98 Å². The molecular formula is C6H6F2N2O. The highest BCUT2D eigenvalue weighted by molar-refractivity contribution is 5.44. The highest BCUT2D eigenvalue weighted by Crippen LogP contribution is 2.19. The Labute approximate surface area is 60.8 Å². The van der Waals surface area contributed by atoms with Crippen LogP contribution in [0.3, 0.4) is 0 Å². The van der Waals surface area contributed by atoms with Crippen molar-refractivity contribution in [3.05, 3.63) is 28.2 Å². The lowest BCUT2D eigenvalue weighted by Crippen LogP contribution is -2.14. The Morgan fingerprint density at radius 1 is 1.55 bits per heavy atom. The van der Waals surface area contributed by atoms with E-state index in [1.54, 1.807) is 0 Å². The number of aromatic amines is 1. The van der Waals surface area contributed by atoms with Gasteiger partial charge >= 0.3 is 0 Å². The maximum Gasteiger partial charge on any atom is 0.271 e. The van der Waals surface area contributed by atoms with E-state index in [4.69, 9.17) is 5.73 Å². The number of nitrogens with one attached hydrogen (secondary N) is 1. The molecule has 0 radical (unpaired) electrons. The fraction of sp³-hybridized carbons (Fsp3) is 0.167. The number of nitrogens with two attached hydrogens (primary N) is 1. The molecule has 5 heteroatoms. The smallest absolute Gasteiger partial charge is 0.271 e. The van der Waals surface area contributed by atoms with Crippen LogP contribution in [0.2, 0.25) is 0 Å². The lowest BCUT2D eigenvalue weighted by atomic mass is 10.2. The molecule has 0 fully saturated rings. The van der Waals surface area contributed by atoms with Gasteiger partial charge in [0.05, 0.1) is 0 Å². The number of aromatic nitrogens is 1. The van der Waals surface area contributed by atoms with Gasteiger partial charge in [0, 0.05) is 11.9 Å². The number of nitrogen functional groups attached to an aromatic ring is 1. The normalized spacial score (nSPS) is 10.5. The fourth-order valence-corrected chi connectivity index (χ4v) is 0.731. The number of anilines is 1. The van der Waals surface area contributed by atoms with Gasteiger partial charge in [-0.2, -0.15) is 0 Å². The van der Waals surface area contributed by atoms with Crippen LogP contribution in [0.5, 0.6) is 0 Å². The van der Waals surface area contributed by atoms with Gasteiger partial charge < -0.3 is 10.7 Å². The molecule has 11 heavy (non-hydrogen) atoms. The summed E-state index contributed by atoms with van der Waals surface area (Å²) >= 11 is 0. The first-order valence-corrected chi connectivity index (χ1v) is 2.88. The SMILES string of the molecule is Nc1cc[nH]c(=O)c1C(F)F. The first-order chi connectivity index (χ1) is 5.13. The molecule has 0 spiro atoms. The number of pyridine rings is 1. The molecule has 0 saturated heterocycles. The molecule has 0 amide bonds. The van der Waals surface area contributed by atoms with E-state index in [1.807, 2.05) is 0 Å². The Kier molecular flexibility index (Phi) is 1.89. The van der Waals surface area contributed by atoms with Gasteiger partial charge in [0.1, 0.15) is 5.56 Å². The lowest BCUT2D eigenvalue weighted by molar-refractivity contribution is 0.150. The predicted molar refractivity (Wildman–Crippen MR) is 36.4 cm³/mol. The molecule has 0 bridgehead atoms. The van der Waals surface area contributed by atoms with Crippen molar-refractivity contribution in [2.75, 3.05) is 5.73 Å². The minimum Gasteiger partial charge on any atom is -0.398 e. The van der Waals surface area contributed by atoms with Crippen molar-refractivity contribution in [1.29, 1.82) is 0 Å². The molecule has 0 atom stereocenters. The highest BCUT2D eigenvalue weighted by atomic mass is 19.3. The van der Waals surface area contributed by atoms with Crippen LogP contribution < -0.4 is 11.3 Å². The molecular weight excluding hydrogens is 154 g/mol. The zero-order chi connectivity index (χ0) is 8.43. The second kappa shape index (κ2) is 2.69. The van der Waals surface area contributed by atoms with Crippen molar-refractivity contribution in [3.8, 4) is 0 Å². The molecule has 1 heterocycles. The molecule has 3 N–H and O–H groups in total. The largest absolute Gasteiger partial charge is 0.398 e. The van der Waals surface area contributed by atoms with E-state index in [0.29, 0.717) is 0 Å². The summed E-state index contributed by atoms with van der Waals surface area (Å²) < 4.78 is 24.0. The van der Waals surface area contributed by atoms with Crippen LogP contribution in [0.25, 0.3) is 0 Å². The number of rotatable bonds is 1. The maximum absolute atomic E-state index is 12.0. The van der Waals surface area contributed by atoms with Crippen molar-refractivity contribution in [3.63, 3.8) is 0 Å². The molecule has 0 unspecified atom stereocenters. The number of H-pyrrole nitrogens is 1. The Hall–Kier alpha value is -1.39. The predicted octanol–water partition coefficient (Wildman–Crippen LogP) is 0.895. The van der Waals surface area contributed by atoms with Crippen molar-refractivity contribution in [2.45, 2.75) is 6.43 Å². The molecule has 0 saturated carbocycles. The summed E-state index contributed by atoms with van der Waals surface area (Å²) in [7, 11) is 0. The number of halogens is 2. The summed E-state index contributed by atoms with van der Waals surface area (Å²) in [6.07, 6.45) is -1.59. The second-order valence-electron chi connectivity index (χ2n) is 1.98. The minimum absolute atomic E-state index is 0.177. The third kappa shape index (κ3) is 1.36. The van der Waals surface area contributed by atoms with Gasteiger partial charge in [-0.25, -0.2) is 8.78 Å². The average Bonchev–Trinajstić information content (AvgIpc) is 1.85. The standard InChI is InChI=1S/C6H6F2N2O/c7-5(8)4-3(9)1-2-10-6(4)11/h1-2,5H,(H3,9,10,11). The summed E-state index contributed by atoms with van der Waals surface area (Å²) in [5.41, 5.74) is 3.45. The van der Waals surface area contributed by atoms with E-state index in [9.17, 15) is 13.6 Å². The monoisotopic (exact) mass is 160 g/mol. The van der Waals surface area contributed by atoms with E-state index < -0.39 is 17.5 Å². The molecule has 3 nitrogen and oxygen atoms in total. The first-order valence-electron chi connectivity index (χ1n) is 2.88. The second-order valence-corrected chi connectivity index (χ2v) is 1.98. The third-order valence-corrected chi connectivity index (χ3v) is 1.25. The van der Waals surface area contributed by atoms with Crippen molar-refractivity contribution >= 4 is 5.69 Å². The Morgan fingerprint density at radius 2 is 2.18 bits per heavy atom. The van der Waals surface area contributed by atoms with E-state index >= 15 is 0 Å². The van der Waals surface area contributed by atoms with Gasteiger partial charge in [0.2, 0.25) is 0 Å². The van der Waals surface area contributed by atoms with Gasteiger partial charge in [-0.15, -0.1) is 0 Å². The molecule has 1 aromatic heterocycles. The summed E-state index contributed by atoms with van der Waals surface area (Å²) in [6, 6.07) is 1.23. The van der Waals surface area contributed by atoms with Crippen LogP contribution in [0.15, 0.2) is 17.1 Å². The van der Waals surface area contributed by atoms with Gasteiger partial charge in [0.25, 0.3) is 12.0 Å². The molecule has 0 aromatic carbocycles. The quantitative estimate of drug-likeness (QED) is 0.641. The summed E-state index contributed by atoms with van der Waals surface area (Å²) in [5, 5.41) is 0. The van der Waals surface area contributed by atoms with Crippen LogP contribution in [-0.4, -0.2) is 4.98 Å². The molecule has 1 aromatic rings. The van der Waals surface area contributed by atoms with E-state index in [2.05, 4.69) is 4.98 Å². The molecule has 0 aliphatic heterocycles. The minimum atomic E-state index is -2.82. The van der Waals surface area contributed by atoms with Gasteiger partial charge in [-0.3, -0.25) is 4.79 Å². The van der Waals surface area contributed by atoms with E-state index in [0.717, 1.165) is 0 Å².